The smallest absolute Gasteiger partial charge is 0.161 e. The van der Waals surface area contributed by atoms with E-state index in [4.69, 9.17) is 9.47 Å². The highest BCUT2D eigenvalue weighted by atomic mass is 32.1. The Bertz CT molecular complexity index is 611. The molecule has 1 aliphatic heterocycles. The Balaban J connectivity index is 1.53. The van der Waals surface area contributed by atoms with Crippen LogP contribution in [-0.4, -0.2) is 18.2 Å². The zero-order chi connectivity index (χ0) is 14.1. The number of aromatic nitrogens is 1. The van der Waals surface area contributed by atoms with E-state index in [1.165, 1.54) is 18.4 Å². The van der Waals surface area contributed by atoms with Gasteiger partial charge in [-0.1, -0.05) is 6.07 Å². The highest BCUT2D eigenvalue weighted by Gasteiger charge is 2.32. The summed E-state index contributed by atoms with van der Waals surface area (Å²) in [5.74, 6) is 2.46. The van der Waals surface area contributed by atoms with E-state index in [2.05, 4.69) is 27.8 Å². The molecule has 0 spiro atoms. The van der Waals surface area contributed by atoms with Crippen molar-refractivity contribution in [1.82, 2.24) is 10.3 Å². The lowest BCUT2D eigenvalue weighted by Crippen LogP contribution is -2.23. The number of hydrogen-bond donors (Lipinski definition) is 1. The quantitative estimate of drug-likeness (QED) is 0.921. The van der Waals surface area contributed by atoms with E-state index in [9.17, 15) is 0 Å². The summed E-state index contributed by atoms with van der Waals surface area (Å²) in [6.07, 6.45) is 2.59. The average molecular weight is 302 g/mol. The highest BCUT2D eigenvalue weighted by Crippen LogP contribution is 2.43. The zero-order valence-electron chi connectivity index (χ0n) is 11.7. The second-order valence-electron chi connectivity index (χ2n) is 5.58. The van der Waals surface area contributed by atoms with Crippen molar-refractivity contribution < 1.29 is 9.47 Å². The van der Waals surface area contributed by atoms with Crippen LogP contribution in [-0.2, 0) is 6.54 Å². The minimum Gasteiger partial charge on any atom is -0.486 e. The SMILES string of the molecule is c1nc(CNC(c2ccc3c(c2)OCCO3)C2CC2)cs1. The molecule has 1 unspecified atom stereocenters. The number of fused-ring (bicyclic) bond motifs is 1. The summed E-state index contributed by atoms with van der Waals surface area (Å²) >= 11 is 1.64. The van der Waals surface area contributed by atoms with E-state index in [-0.39, 0.29) is 0 Å². The van der Waals surface area contributed by atoms with Crippen LogP contribution in [0.2, 0.25) is 0 Å². The normalized spacial score (nSPS) is 18.5. The van der Waals surface area contributed by atoms with Gasteiger partial charge in [0.1, 0.15) is 13.2 Å². The van der Waals surface area contributed by atoms with Crippen molar-refractivity contribution in [2.24, 2.45) is 5.92 Å². The molecule has 4 rings (SSSR count). The zero-order valence-corrected chi connectivity index (χ0v) is 12.6. The molecule has 1 aromatic heterocycles. The van der Waals surface area contributed by atoms with Gasteiger partial charge >= 0.3 is 0 Å². The molecule has 1 N–H and O–H groups in total. The average Bonchev–Trinajstić information content (AvgIpc) is 3.23. The molecule has 21 heavy (non-hydrogen) atoms. The Morgan fingerprint density at radius 2 is 2.10 bits per heavy atom. The highest BCUT2D eigenvalue weighted by molar-refractivity contribution is 7.07. The first-order valence-corrected chi connectivity index (χ1v) is 8.34. The van der Waals surface area contributed by atoms with Crippen molar-refractivity contribution in [1.29, 1.82) is 0 Å². The van der Waals surface area contributed by atoms with Crippen molar-refractivity contribution in [3.8, 4) is 11.5 Å². The molecule has 1 aliphatic carbocycles. The van der Waals surface area contributed by atoms with E-state index in [1.807, 2.05) is 11.6 Å². The molecule has 2 heterocycles. The lowest BCUT2D eigenvalue weighted by Gasteiger charge is -2.23. The van der Waals surface area contributed by atoms with Crippen LogP contribution in [0.3, 0.4) is 0 Å². The van der Waals surface area contributed by atoms with E-state index >= 15 is 0 Å². The van der Waals surface area contributed by atoms with Gasteiger partial charge in [0.2, 0.25) is 0 Å². The van der Waals surface area contributed by atoms with Crippen LogP contribution in [0.4, 0.5) is 0 Å². The van der Waals surface area contributed by atoms with Gasteiger partial charge in [0.25, 0.3) is 0 Å². The molecule has 0 bridgehead atoms. The third-order valence-electron chi connectivity index (χ3n) is 4.01. The fourth-order valence-electron chi connectivity index (χ4n) is 2.78. The molecule has 110 valence electrons. The lowest BCUT2D eigenvalue weighted by molar-refractivity contribution is 0.171. The fourth-order valence-corrected chi connectivity index (χ4v) is 3.34. The molecule has 1 fully saturated rings. The number of nitrogens with zero attached hydrogens (tertiary/aromatic N) is 1. The third kappa shape index (κ3) is 2.89. The number of thiazole rings is 1. The summed E-state index contributed by atoms with van der Waals surface area (Å²) in [6, 6.07) is 6.70. The van der Waals surface area contributed by atoms with Crippen LogP contribution >= 0.6 is 11.3 Å². The van der Waals surface area contributed by atoms with E-state index in [1.54, 1.807) is 11.3 Å². The van der Waals surface area contributed by atoms with Crippen molar-refractivity contribution >= 4 is 11.3 Å². The minimum absolute atomic E-state index is 0.377. The van der Waals surface area contributed by atoms with Crippen molar-refractivity contribution in [3.63, 3.8) is 0 Å². The van der Waals surface area contributed by atoms with Crippen molar-refractivity contribution in [3.05, 3.63) is 40.3 Å². The van der Waals surface area contributed by atoms with Gasteiger partial charge in [-0.2, -0.15) is 0 Å². The van der Waals surface area contributed by atoms with Crippen LogP contribution in [0.1, 0.15) is 30.1 Å². The minimum atomic E-state index is 0.377. The first-order valence-electron chi connectivity index (χ1n) is 7.40. The summed E-state index contributed by atoms with van der Waals surface area (Å²) in [5.41, 5.74) is 4.29. The van der Waals surface area contributed by atoms with Crippen LogP contribution in [0.5, 0.6) is 11.5 Å². The maximum Gasteiger partial charge on any atom is 0.161 e. The summed E-state index contributed by atoms with van der Waals surface area (Å²) in [5, 5.41) is 5.75. The second kappa shape index (κ2) is 5.66. The van der Waals surface area contributed by atoms with Gasteiger partial charge in [0.05, 0.1) is 11.2 Å². The first-order chi connectivity index (χ1) is 10.4. The number of ether oxygens (including phenoxy) is 2. The Hall–Kier alpha value is -1.59. The Kier molecular flexibility index (Phi) is 3.53. The van der Waals surface area contributed by atoms with Gasteiger partial charge < -0.3 is 14.8 Å². The summed E-state index contributed by atoms with van der Waals surface area (Å²) in [6.45, 7) is 2.09. The third-order valence-corrected chi connectivity index (χ3v) is 4.64. The first kappa shape index (κ1) is 13.1. The van der Waals surface area contributed by atoms with E-state index in [0.29, 0.717) is 19.3 Å². The number of rotatable bonds is 5. The monoisotopic (exact) mass is 302 g/mol. The molecule has 0 amide bonds. The van der Waals surface area contributed by atoms with Gasteiger partial charge in [-0.25, -0.2) is 4.98 Å². The standard InChI is InChI=1S/C16H18N2O2S/c1-2-11(1)16(17-8-13-9-21-10-18-13)12-3-4-14-15(7-12)20-6-5-19-14/h3-4,7,9-11,16-17H,1-2,5-6,8H2. The topological polar surface area (TPSA) is 43.4 Å². The summed E-state index contributed by atoms with van der Waals surface area (Å²) in [4.78, 5) is 4.34. The molecule has 0 saturated heterocycles. The molecular weight excluding hydrogens is 284 g/mol. The van der Waals surface area contributed by atoms with Gasteiger partial charge in [-0.15, -0.1) is 11.3 Å². The molecule has 5 heteroatoms. The van der Waals surface area contributed by atoms with Gasteiger partial charge in [0.15, 0.2) is 11.5 Å². The molecule has 2 aliphatic rings. The molecular formula is C16H18N2O2S. The lowest BCUT2D eigenvalue weighted by atomic mass is 10.0. The van der Waals surface area contributed by atoms with Crippen molar-refractivity contribution in [2.75, 3.05) is 13.2 Å². The maximum atomic E-state index is 5.70. The molecule has 1 saturated carbocycles. The van der Waals surface area contributed by atoms with Gasteiger partial charge in [-0.05, 0) is 36.5 Å². The maximum absolute atomic E-state index is 5.70. The van der Waals surface area contributed by atoms with Gasteiger partial charge in [-0.3, -0.25) is 0 Å². The molecule has 2 aromatic rings. The van der Waals surface area contributed by atoms with E-state index in [0.717, 1.165) is 29.7 Å². The number of nitrogens with one attached hydrogen (secondary N) is 1. The van der Waals surface area contributed by atoms with Crippen LogP contribution in [0, 0.1) is 5.92 Å². The molecule has 4 nitrogen and oxygen atoms in total. The van der Waals surface area contributed by atoms with Gasteiger partial charge in [0, 0.05) is 18.0 Å². The Morgan fingerprint density at radius 3 is 2.86 bits per heavy atom. The second-order valence-corrected chi connectivity index (χ2v) is 6.30. The molecule has 0 radical (unpaired) electrons. The summed E-state index contributed by atoms with van der Waals surface area (Å²) in [7, 11) is 0. The summed E-state index contributed by atoms with van der Waals surface area (Å²) < 4.78 is 11.3. The van der Waals surface area contributed by atoms with E-state index < -0.39 is 0 Å². The predicted octanol–water partition coefficient (Wildman–Crippen LogP) is 3.16. The van der Waals surface area contributed by atoms with Crippen LogP contribution < -0.4 is 14.8 Å². The number of hydrogen-bond acceptors (Lipinski definition) is 5. The molecule has 1 atom stereocenters. The fraction of sp³-hybridized carbons (Fsp3) is 0.438. The van der Waals surface area contributed by atoms with Crippen LogP contribution in [0.25, 0.3) is 0 Å². The van der Waals surface area contributed by atoms with Crippen molar-refractivity contribution in [2.45, 2.75) is 25.4 Å². The largest absolute Gasteiger partial charge is 0.486 e. The number of benzene rings is 1. The Morgan fingerprint density at radius 1 is 1.24 bits per heavy atom. The Labute approximate surface area is 128 Å². The predicted molar refractivity (Wildman–Crippen MR) is 81.9 cm³/mol. The van der Waals surface area contributed by atoms with Crippen LogP contribution in [0.15, 0.2) is 29.1 Å². The molecule has 1 aromatic carbocycles.